The number of aromatic hydroxyl groups is 2. The van der Waals surface area contributed by atoms with E-state index in [9.17, 15) is 0 Å². The summed E-state index contributed by atoms with van der Waals surface area (Å²) in [5.74, 6) is -0.694. The van der Waals surface area contributed by atoms with Crippen LogP contribution in [0.3, 0.4) is 0 Å². The Labute approximate surface area is 62.2 Å². The number of benzene rings is 1. The molecule has 5 nitrogen and oxygen atoms in total. The fourth-order valence-corrected chi connectivity index (χ4v) is 0.648. The zero-order valence-electron chi connectivity index (χ0n) is 5.47. The van der Waals surface area contributed by atoms with E-state index in [0.29, 0.717) is 0 Å². The predicted molar refractivity (Wildman–Crippen MR) is 38.6 cm³/mol. The van der Waals surface area contributed by atoms with E-state index in [4.69, 9.17) is 15.7 Å². The Kier molecular flexibility index (Phi) is 1.85. The highest BCUT2D eigenvalue weighted by molar-refractivity contribution is 5.57. The van der Waals surface area contributed by atoms with Crippen molar-refractivity contribution in [1.29, 1.82) is 0 Å². The summed E-state index contributed by atoms with van der Waals surface area (Å²) in [6.07, 6.45) is 0. The van der Waals surface area contributed by atoms with Gasteiger partial charge in [-0.2, -0.15) is 0 Å². The molecule has 0 unspecified atom stereocenters. The van der Waals surface area contributed by atoms with Crippen molar-refractivity contribution in [1.82, 2.24) is 0 Å². The number of phenols is 2. The maximum Gasteiger partial charge on any atom is 0.167 e. The lowest BCUT2D eigenvalue weighted by molar-refractivity contribution is 0.405. The normalized spacial score (nSPS) is 8.73. The zero-order chi connectivity index (χ0) is 8.27. The van der Waals surface area contributed by atoms with Gasteiger partial charge in [0.15, 0.2) is 11.5 Å². The van der Waals surface area contributed by atoms with Crippen LogP contribution in [0, 0.1) is 0 Å². The van der Waals surface area contributed by atoms with Crippen molar-refractivity contribution in [2.75, 3.05) is 0 Å². The number of phenolic OH excluding ortho intramolecular Hbond substituents is 2. The Bertz CT molecular complexity index is 318. The first-order valence-corrected chi connectivity index (χ1v) is 2.81. The van der Waals surface area contributed by atoms with Gasteiger partial charge in [0.05, 0.1) is 5.69 Å². The summed E-state index contributed by atoms with van der Waals surface area (Å²) in [6, 6.07) is 4.17. The van der Waals surface area contributed by atoms with Crippen LogP contribution in [0.5, 0.6) is 11.5 Å². The molecule has 0 fully saturated rings. The van der Waals surface area contributed by atoms with Gasteiger partial charge in [0.1, 0.15) is 0 Å². The Balaban J connectivity index is 3.26. The summed E-state index contributed by atoms with van der Waals surface area (Å²) in [5, 5.41) is 21.0. The van der Waals surface area contributed by atoms with E-state index in [1.807, 2.05) is 0 Å². The number of hydrogen-bond donors (Lipinski definition) is 2. The van der Waals surface area contributed by atoms with Crippen LogP contribution in [0.1, 0.15) is 0 Å². The molecule has 2 N–H and O–H groups in total. The smallest absolute Gasteiger partial charge is 0.167 e. The number of para-hydroxylation sites is 1. The lowest BCUT2D eigenvalue weighted by Gasteiger charge is -1.97. The Morgan fingerprint density at radius 1 is 1.36 bits per heavy atom. The van der Waals surface area contributed by atoms with Gasteiger partial charge in [0, 0.05) is 4.91 Å². The zero-order valence-corrected chi connectivity index (χ0v) is 5.47. The first kappa shape index (κ1) is 7.24. The lowest BCUT2D eigenvalue weighted by atomic mass is 10.3. The minimum Gasteiger partial charge on any atom is -0.504 e. The Hall–Kier alpha value is -1.87. The SMILES string of the molecule is [N-]=[N+]=Nc1cccc(O)c1O. The van der Waals surface area contributed by atoms with Crippen LogP contribution >= 0.6 is 0 Å². The maximum atomic E-state index is 9.01. The van der Waals surface area contributed by atoms with Gasteiger partial charge in [0.25, 0.3) is 0 Å². The van der Waals surface area contributed by atoms with Gasteiger partial charge in [-0.1, -0.05) is 11.2 Å². The van der Waals surface area contributed by atoms with Gasteiger partial charge in [-0.05, 0) is 17.7 Å². The van der Waals surface area contributed by atoms with E-state index >= 15 is 0 Å². The van der Waals surface area contributed by atoms with Gasteiger partial charge >= 0.3 is 0 Å². The molecule has 0 saturated heterocycles. The minimum absolute atomic E-state index is 0.0208. The standard InChI is InChI=1S/C6H5N3O2/c7-9-8-4-2-1-3-5(10)6(4)11/h1-3,10-11H. The Morgan fingerprint density at radius 2 is 2.09 bits per heavy atom. The summed E-state index contributed by atoms with van der Waals surface area (Å²) in [6.45, 7) is 0. The molecule has 0 saturated carbocycles. The quantitative estimate of drug-likeness (QED) is 0.278. The highest BCUT2D eigenvalue weighted by atomic mass is 16.3. The molecule has 11 heavy (non-hydrogen) atoms. The Morgan fingerprint density at radius 3 is 2.73 bits per heavy atom. The van der Waals surface area contributed by atoms with E-state index in [1.54, 1.807) is 0 Å². The average molecular weight is 151 g/mol. The molecule has 0 atom stereocenters. The largest absolute Gasteiger partial charge is 0.504 e. The van der Waals surface area contributed by atoms with Crippen molar-refractivity contribution >= 4 is 5.69 Å². The van der Waals surface area contributed by atoms with Crippen LogP contribution in [0.25, 0.3) is 10.4 Å². The highest BCUT2D eigenvalue weighted by Crippen LogP contribution is 2.34. The molecule has 0 aliphatic carbocycles. The fourth-order valence-electron chi connectivity index (χ4n) is 0.648. The summed E-state index contributed by atoms with van der Waals surface area (Å²) >= 11 is 0. The van der Waals surface area contributed by atoms with Crippen LogP contribution in [0.2, 0.25) is 0 Å². The minimum atomic E-state index is -0.398. The summed E-state index contributed by atoms with van der Waals surface area (Å²) < 4.78 is 0. The second-order valence-electron chi connectivity index (χ2n) is 1.83. The van der Waals surface area contributed by atoms with Gasteiger partial charge in [-0.25, -0.2) is 0 Å². The van der Waals surface area contributed by atoms with Crippen molar-refractivity contribution in [2.24, 2.45) is 5.11 Å². The van der Waals surface area contributed by atoms with Gasteiger partial charge in [0.2, 0.25) is 0 Å². The molecule has 0 aliphatic heterocycles. The van der Waals surface area contributed by atoms with Crippen LogP contribution < -0.4 is 0 Å². The third-order valence-corrected chi connectivity index (χ3v) is 1.15. The molecular formula is C6H5N3O2. The second kappa shape index (κ2) is 2.81. The molecule has 0 radical (unpaired) electrons. The molecular weight excluding hydrogens is 146 g/mol. The third kappa shape index (κ3) is 1.33. The molecule has 0 spiro atoms. The van der Waals surface area contributed by atoms with Gasteiger partial charge in [-0.15, -0.1) is 0 Å². The summed E-state index contributed by atoms with van der Waals surface area (Å²) in [4.78, 5) is 2.46. The number of azide groups is 1. The molecule has 0 heterocycles. The van der Waals surface area contributed by atoms with Crippen LogP contribution in [0.15, 0.2) is 23.3 Å². The molecule has 5 heteroatoms. The maximum absolute atomic E-state index is 9.01. The second-order valence-corrected chi connectivity index (χ2v) is 1.83. The van der Waals surface area contributed by atoms with Crippen molar-refractivity contribution in [3.05, 3.63) is 28.6 Å². The van der Waals surface area contributed by atoms with Gasteiger partial charge < -0.3 is 10.2 Å². The molecule has 0 amide bonds. The van der Waals surface area contributed by atoms with E-state index in [0.717, 1.165) is 0 Å². The van der Waals surface area contributed by atoms with Crippen molar-refractivity contribution in [3.8, 4) is 11.5 Å². The third-order valence-electron chi connectivity index (χ3n) is 1.15. The summed E-state index contributed by atoms with van der Waals surface area (Å²) in [7, 11) is 0. The first-order chi connectivity index (χ1) is 5.25. The van der Waals surface area contributed by atoms with Crippen LogP contribution in [-0.4, -0.2) is 10.2 Å². The van der Waals surface area contributed by atoms with E-state index < -0.39 is 5.75 Å². The van der Waals surface area contributed by atoms with Crippen molar-refractivity contribution < 1.29 is 10.2 Å². The topological polar surface area (TPSA) is 89.2 Å². The van der Waals surface area contributed by atoms with E-state index in [2.05, 4.69) is 10.0 Å². The molecule has 0 aliphatic rings. The number of hydrogen-bond acceptors (Lipinski definition) is 3. The van der Waals surface area contributed by atoms with Crippen LogP contribution in [-0.2, 0) is 0 Å². The predicted octanol–water partition coefficient (Wildman–Crippen LogP) is 2.04. The first-order valence-electron chi connectivity index (χ1n) is 2.81. The van der Waals surface area contributed by atoms with Crippen molar-refractivity contribution in [3.63, 3.8) is 0 Å². The molecule has 0 aromatic heterocycles. The molecule has 1 rings (SSSR count). The molecule has 0 bridgehead atoms. The fraction of sp³-hybridized carbons (Fsp3) is 0. The number of nitrogens with zero attached hydrogens (tertiary/aromatic N) is 3. The lowest BCUT2D eigenvalue weighted by Crippen LogP contribution is -1.67. The van der Waals surface area contributed by atoms with Crippen molar-refractivity contribution in [2.45, 2.75) is 0 Å². The monoisotopic (exact) mass is 151 g/mol. The average Bonchev–Trinajstić information content (AvgIpc) is 1.99. The van der Waals surface area contributed by atoms with Crippen LogP contribution in [0.4, 0.5) is 5.69 Å². The molecule has 1 aromatic rings. The van der Waals surface area contributed by atoms with Gasteiger partial charge in [-0.3, -0.25) is 0 Å². The molecule has 56 valence electrons. The van der Waals surface area contributed by atoms with E-state index in [1.165, 1.54) is 18.2 Å². The molecule has 1 aromatic carbocycles. The number of rotatable bonds is 1. The highest BCUT2D eigenvalue weighted by Gasteiger charge is 2.01. The summed E-state index contributed by atoms with van der Waals surface area (Å²) in [5.41, 5.74) is 8.02. The van der Waals surface area contributed by atoms with E-state index in [-0.39, 0.29) is 11.4 Å².